The summed E-state index contributed by atoms with van der Waals surface area (Å²) < 4.78 is 0. The van der Waals surface area contributed by atoms with Crippen LogP contribution >= 0.6 is 11.8 Å². The lowest BCUT2D eigenvalue weighted by atomic mass is 10.2. The molecule has 13 heavy (non-hydrogen) atoms. The van der Waals surface area contributed by atoms with Gasteiger partial charge in [0.05, 0.1) is 0 Å². The van der Waals surface area contributed by atoms with Crippen molar-refractivity contribution in [3.8, 4) is 5.40 Å². The summed E-state index contributed by atoms with van der Waals surface area (Å²) in [5.74, 6) is 0. The van der Waals surface area contributed by atoms with E-state index in [0.717, 1.165) is 17.3 Å². The van der Waals surface area contributed by atoms with Crippen LogP contribution in [0.3, 0.4) is 0 Å². The molecule has 0 atom stereocenters. The summed E-state index contributed by atoms with van der Waals surface area (Å²) in [5.41, 5.74) is 0.890. The number of allylic oxidation sites excluding steroid dienone is 1. The van der Waals surface area contributed by atoms with Crippen molar-refractivity contribution in [1.82, 2.24) is 0 Å². The van der Waals surface area contributed by atoms with Crippen molar-refractivity contribution < 1.29 is 4.79 Å². The Morgan fingerprint density at radius 1 is 1.38 bits per heavy atom. The van der Waals surface area contributed by atoms with Crippen LogP contribution in [0.5, 0.6) is 0 Å². The molecule has 1 aromatic rings. The second-order valence-corrected chi connectivity index (χ2v) is 3.05. The summed E-state index contributed by atoms with van der Waals surface area (Å²) in [4.78, 5) is 10.9. The number of rotatable bonds is 3. The average molecular weight is 189 g/mol. The van der Waals surface area contributed by atoms with E-state index in [4.69, 9.17) is 5.26 Å². The van der Waals surface area contributed by atoms with Crippen molar-refractivity contribution in [1.29, 1.82) is 5.26 Å². The Hall–Kier alpha value is -1.53. The maximum absolute atomic E-state index is 10.3. The van der Waals surface area contributed by atoms with Crippen LogP contribution in [-0.2, 0) is 4.79 Å². The molecule has 0 fully saturated rings. The summed E-state index contributed by atoms with van der Waals surface area (Å²) in [7, 11) is 0. The molecule has 1 rings (SSSR count). The molecule has 3 heteroatoms. The molecule has 2 nitrogen and oxygen atoms in total. The SMILES string of the molecule is N#CS/C(=C/C=O)c1ccccc1. The minimum atomic E-state index is 0.679. The van der Waals surface area contributed by atoms with Crippen molar-refractivity contribution in [2.24, 2.45) is 0 Å². The van der Waals surface area contributed by atoms with Gasteiger partial charge in [-0.3, -0.25) is 4.79 Å². The second kappa shape index (κ2) is 5.18. The van der Waals surface area contributed by atoms with E-state index in [9.17, 15) is 4.79 Å². The molecule has 1 aromatic carbocycles. The van der Waals surface area contributed by atoms with Crippen molar-refractivity contribution in [2.45, 2.75) is 0 Å². The Bertz CT molecular complexity index is 351. The second-order valence-electron chi connectivity index (χ2n) is 2.23. The Morgan fingerprint density at radius 3 is 2.62 bits per heavy atom. The minimum Gasteiger partial charge on any atom is -0.299 e. The number of thioether (sulfide) groups is 1. The Morgan fingerprint density at radius 2 is 2.08 bits per heavy atom. The van der Waals surface area contributed by atoms with Gasteiger partial charge < -0.3 is 0 Å². The number of carbonyl (C=O) groups excluding carboxylic acids is 1. The third-order valence-corrected chi connectivity index (χ3v) is 2.12. The number of carbonyl (C=O) groups is 1. The number of aldehydes is 1. The monoisotopic (exact) mass is 189 g/mol. The fraction of sp³-hybridized carbons (Fsp3) is 0. The highest BCUT2D eigenvalue weighted by Crippen LogP contribution is 2.25. The summed E-state index contributed by atoms with van der Waals surface area (Å²) in [5, 5.41) is 10.4. The molecule has 0 bridgehead atoms. The third kappa shape index (κ3) is 2.77. The van der Waals surface area contributed by atoms with Crippen LogP contribution in [-0.4, -0.2) is 6.29 Å². The van der Waals surface area contributed by atoms with Crippen LogP contribution in [0.25, 0.3) is 4.91 Å². The predicted molar refractivity (Wildman–Crippen MR) is 53.7 cm³/mol. The number of hydrogen-bond acceptors (Lipinski definition) is 3. The van der Waals surface area contributed by atoms with Crippen LogP contribution in [0.2, 0.25) is 0 Å². The number of thiocyanates is 1. The molecule has 0 spiro atoms. The highest BCUT2D eigenvalue weighted by Gasteiger charge is 1.99. The zero-order valence-corrected chi connectivity index (χ0v) is 7.62. The summed E-state index contributed by atoms with van der Waals surface area (Å²) >= 11 is 0.989. The standard InChI is InChI=1S/C10H7NOS/c11-8-13-10(6-7-12)9-4-2-1-3-5-9/h1-7H/b10-6+. The summed E-state index contributed by atoms with van der Waals surface area (Å²) in [6, 6.07) is 9.34. The molecule has 0 aliphatic rings. The van der Waals surface area contributed by atoms with Crippen LogP contribution in [0.1, 0.15) is 5.56 Å². The van der Waals surface area contributed by atoms with Gasteiger partial charge in [-0.25, -0.2) is 0 Å². The van der Waals surface area contributed by atoms with Gasteiger partial charge in [0.15, 0.2) is 0 Å². The van der Waals surface area contributed by atoms with E-state index in [1.54, 1.807) is 0 Å². The van der Waals surface area contributed by atoms with Crippen LogP contribution in [0, 0.1) is 10.7 Å². The van der Waals surface area contributed by atoms with Gasteiger partial charge in [-0.1, -0.05) is 30.3 Å². The first kappa shape index (κ1) is 9.56. The molecule has 0 saturated heterocycles. The van der Waals surface area contributed by atoms with E-state index < -0.39 is 0 Å². The highest BCUT2D eigenvalue weighted by molar-refractivity contribution is 8.12. The van der Waals surface area contributed by atoms with E-state index in [1.165, 1.54) is 6.08 Å². The molecule has 0 saturated carbocycles. The minimum absolute atomic E-state index is 0.679. The van der Waals surface area contributed by atoms with Gasteiger partial charge in [-0.15, -0.1) is 0 Å². The van der Waals surface area contributed by atoms with Gasteiger partial charge in [-0.05, 0) is 23.4 Å². The average Bonchev–Trinajstić information content (AvgIpc) is 2.19. The first-order chi connectivity index (χ1) is 6.38. The van der Waals surface area contributed by atoms with E-state index in [2.05, 4.69) is 0 Å². The van der Waals surface area contributed by atoms with Crippen LogP contribution < -0.4 is 0 Å². The number of nitriles is 1. The normalized spacial score (nSPS) is 10.5. The Balaban J connectivity index is 2.97. The molecule has 64 valence electrons. The molecule has 0 aromatic heterocycles. The van der Waals surface area contributed by atoms with E-state index >= 15 is 0 Å². The molecule has 0 radical (unpaired) electrons. The van der Waals surface area contributed by atoms with E-state index in [1.807, 2.05) is 35.7 Å². The quantitative estimate of drug-likeness (QED) is 0.416. The van der Waals surface area contributed by atoms with E-state index in [0.29, 0.717) is 11.2 Å². The zero-order valence-electron chi connectivity index (χ0n) is 6.81. The molecular weight excluding hydrogens is 182 g/mol. The largest absolute Gasteiger partial charge is 0.299 e. The maximum Gasteiger partial charge on any atom is 0.144 e. The summed E-state index contributed by atoms with van der Waals surface area (Å²) in [6.45, 7) is 0. The third-order valence-electron chi connectivity index (χ3n) is 1.43. The fourth-order valence-electron chi connectivity index (χ4n) is 0.903. The summed E-state index contributed by atoms with van der Waals surface area (Å²) in [6.07, 6.45) is 2.08. The van der Waals surface area contributed by atoms with Gasteiger partial charge in [0.25, 0.3) is 0 Å². The Labute approximate surface area is 80.9 Å². The molecule has 0 N–H and O–H groups in total. The molecule has 0 aliphatic heterocycles. The zero-order chi connectivity index (χ0) is 9.52. The van der Waals surface area contributed by atoms with Crippen molar-refractivity contribution in [3.05, 3.63) is 42.0 Å². The molecular formula is C10H7NOS. The highest BCUT2D eigenvalue weighted by atomic mass is 32.2. The van der Waals surface area contributed by atoms with Crippen LogP contribution in [0.15, 0.2) is 36.4 Å². The molecule has 0 unspecified atom stereocenters. The van der Waals surface area contributed by atoms with Gasteiger partial charge >= 0.3 is 0 Å². The van der Waals surface area contributed by atoms with Gasteiger partial charge in [0.1, 0.15) is 11.7 Å². The van der Waals surface area contributed by atoms with E-state index in [-0.39, 0.29) is 0 Å². The van der Waals surface area contributed by atoms with Crippen molar-refractivity contribution >= 4 is 23.0 Å². The smallest absolute Gasteiger partial charge is 0.144 e. The molecule has 0 heterocycles. The van der Waals surface area contributed by atoms with Gasteiger partial charge in [-0.2, -0.15) is 5.26 Å². The lowest BCUT2D eigenvalue weighted by Crippen LogP contribution is -1.78. The van der Waals surface area contributed by atoms with Crippen LogP contribution in [0.4, 0.5) is 0 Å². The van der Waals surface area contributed by atoms with Gasteiger partial charge in [0.2, 0.25) is 0 Å². The number of hydrogen-bond donors (Lipinski definition) is 0. The topological polar surface area (TPSA) is 40.9 Å². The number of nitrogens with zero attached hydrogens (tertiary/aromatic N) is 1. The Kier molecular flexibility index (Phi) is 3.80. The number of benzene rings is 1. The van der Waals surface area contributed by atoms with Crippen molar-refractivity contribution in [3.63, 3.8) is 0 Å². The molecule has 0 amide bonds. The molecule has 0 aliphatic carbocycles. The first-order valence-corrected chi connectivity index (χ1v) is 4.47. The first-order valence-electron chi connectivity index (χ1n) is 3.65. The fourth-order valence-corrected chi connectivity index (χ4v) is 1.38. The van der Waals surface area contributed by atoms with Crippen molar-refractivity contribution in [2.75, 3.05) is 0 Å². The van der Waals surface area contributed by atoms with Gasteiger partial charge in [0, 0.05) is 4.91 Å². The predicted octanol–water partition coefficient (Wildman–Crippen LogP) is 2.44. The maximum atomic E-state index is 10.3. The lowest BCUT2D eigenvalue weighted by molar-refractivity contribution is -0.104. The lowest BCUT2D eigenvalue weighted by Gasteiger charge is -1.98.